The summed E-state index contributed by atoms with van der Waals surface area (Å²) in [6, 6.07) is 3.91. The van der Waals surface area contributed by atoms with Gasteiger partial charge in [0, 0.05) is 32.0 Å². The average Bonchev–Trinajstić information content (AvgIpc) is 2.60. The zero-order valence-electron chi connectivity index (χ0n) is 15.8. The van der Waals surface area contributed by atoms with E-state index >= 15 is 0 Å². The molecule has 1 aliphatic carbocycles. The second-order valence-electron chi connectivity index (χ2n) is 6.56. The molecule has 6 heteroatoms. The molecule has 0 atom stereocenters. The summed E-state index contributed by atoms with van der Waals surface area (Å²) in [6.45, 7) is 7.76. The van der Waals surface area contributed by atoms with E-state index in [2.05, 4.69) is 29.5 Å². The van der Waals surface area contributed by atoms with E-state index in [0.29, 0.717) is 31.1 Å². The summed E-state index contributed by atoms with van der Waals surface area (Å²) in [5, 5.41) is 6.84. The van der Waals surface area contributed by atoms with E-state index in [9.17, 15) is 0 Å². The Balaban J connectivity index is 1.95. The number of aromatic nitrogens is 1. The van der Waals surface area contributed by atoms with Gasteiger partial charge in [0.1, 0.15) is 6.61 Å². The van der Waals surface area contributed by atoms with Gasteiger partial charge in [-0.25, -0.2) is 9.98 Å². The molecule has 6 nitrogen and oxygen atoms in total. The number of nitrogens with one attached hydrogen (secondary N) is 2. The minimum atomic E-state index is 0.457. The van der Waals surface area contributed by atoms with E-state index in [1.807, 2.05) is 12.1 Å². The zero-order chi connectivity index (χ0) is 18.0. The monoisotopic (exact) mass is 348 g/mol. The molecule has 0 radical (unpaired) electrons. The van der Waals surface area contributed by atoms with Crippen LogP contribution in [0.4, 0.5) is 0 Å². The molecule has 2 N–H and O–H groups in total. The van der Waals surface area contributed by atoms with Crippen LogP contribution in [0.15, 0.2) is 23.3 Å². The minimum absolute atomic E-state index is 0.457. The van der Waals surface area contributed by atoms with Crippen LogP contribution in [0.2, 0.25) is 0 Å². The third kappa shape index (κ3) is 5.88. The van der Waals surface area contributed by atoms with Crippen LogP contribution in [0.1, 0.15) is 45.1 Å². The maximum atomic E-state index is 5.68. The number of nitrogens with zero attached hydrogens (tertiary/aromatic N) is 2. The summed E-state index contributed by atoms with van der Waals surface area (Å²) >= 11 is 0. The molecule has 1 aromatic heterocycles. The fourth-order valence-corrected chi connectivity index (χ4v) is 3.01. The summed E-state index contributed by atoms with van der Waals surface area (Å²) < 4.78 is 10.7. The van der Waals surface area contributed by atoms with Crippen molar-refractivity contribution in [2.45, 2.75) is 46.1 Å². The van der Waals surface area contributed by atoms with Gasteiger partial charge in [0.2, 0.25) is 5.88 Å². The molecule has 1 aromatic rings. The van der Waals surface area contributed by atoms with Crippen LogP contribution in [-0.2, 0) is 11.3 Å². The maximum absolute atomic E-state index is 5.68. The first kappa shape index (κ1) is 19.5. The molecule has 140 valence electrons. The largest absolute Gasteiger partial charge is 0.475 e. The van der Waals surface area contributed by atoms with Gasteiger partial charge in [-0.3, -0.25) is 0 Å². The molecule has 0 aliphatic heterocycles. The maximum Gasteiger partial charge on any atom is 0.218 e. The van der Waals surface area contributed by atoms with Crippen LogP contribution in [0.25, 0.3) is 0 Å². The first-order valence-electron chi connectivity index (χ1n) is 9.31. The molecule has 0 saturated heterocycles. The highest BCUT2D eigenvalue weighted by Crippen LogP contribution is 2.42. The normalized spacial score (nSPS) is 16.2. The van der Waals surface area contributed by atoms with Crippen LogP contribution in [-0.4, -0.2) is 44.4 Å². The SMILES string of the molecule is CCNC(=NCc1cccnc1OCCOC)NCC1(CC)CCC1. The number of hydrogen-bond acceptors (Lipinski definition) is 4. The second kappa shape index (κ2) is 10.2. The third-order valence-electron chi connectivity index (χ3n) is 4.92. The van der Waals surface area contributed by atoms with Gasteiger partial charge in [-0.1, -0.05) is 19.4 Å². The number of ether oxygens (including phenoxy) is 2. The standard InChI is InChI=1S/C19H32N4O2/c1-4-19(9-7-10-19)15-23-18(20-5-2)22-14-16-8-6-11-21-17(16)25-13-12-24-3/h6,8,11H,4-5,7,9-10,12-15H2,1-3H3,(H2,20,22,23). The number of aliphatic imine (C=N–C) groups is 1. The van der Waals surface area contributed by atoms with Gasteiger partial charge >= 0.3 is 0 Å². The molecule has 0 spiro atoms. The Morgan fingerprint density at radius 3 is 2.76 bits per heavy atom. The lowest BCUT2D eigenvalue weighted by molar-refractivity contribution is 0.131. The topological polar surface area (TPSA) is 67.8 Å². The van der Waals surface area contributed by atoms with Crippen molar-refractivity contribution >= 4 is 5.96 Å². The first-order valence-corrected chi connectivity index (χ1v) is 9.31. The highest BCUT2D eigenvalue weighted by Gasteiger charge is 2.34. The van der Waals surface area contributed by atoms with Gasteiger partial charge in [0.25, 0.3) is 0 Å². The Labute approximate surface area is 151 Å². The molecule has 25 heavy (non-hydrogen) atoms. The Hall–Kier alpha value is -1.82. The Kier molecular flexibility index (Phi) is 7.98. The fraction of sp³-hybridized carbons (Fsp3) is 0.684. The van der Waals surface area contributed by atoms with Gasteiger partial charge in [-0.2, -0.15) is 0 Å². The molecule has 0 unspecified atom stereocenters. The van der Waals surface area contributed by atoms with Gasteiger partial charge in [0.05, 0.1) is 13.2 Å². The second-order valence-corrected chi connectivity index (χ2v) is 6.56. The highest BCUT2D eigenvalue weighted by molar-refractivity contribution is 5.79. The molecule has 1 heterocycles. The van der Waals surface area contributed by atoms with Crippen molar-refractivity contribution in [2.75, 3.05) is 33.4 Å². The third-order valence-corrected chi connectivity index (χ3v) is 4.92. The molecular formula is C19H32N4O2. The van der Waals surface area contributed by atoms with Crippen molar-refractivity contribution in [1.29, 1.82) is 0 Å². The molecular weight excluding hydrogens is 316 g/mol. The molecule has 1 aliphatic rings. The van der Waals surface area contributed by atoms with Gasteiger partial charge in [0.15, 0.2) is 5.96 Å². The van der Waals surface area contributed by atoms with Crippen LogP contribution in [0, 0.1) is 5.41 Å². The van der Waals surface area contributed by atoms with E-state index < -0.39 is 0 Å². The number of rotatable bonds is 10. The van der Waals surface area contributed by atoms with Crippen LogP contribution in [0.3, 0.4) is 0 Å². The van der Waals surface area contributed by atoms with Gasteiger partial charge < -0.3 is 20.1 Å². The lowest BCUT2D eigenvalue weighted by Gasteiger charge is -2.41. The van der Waals surface area contributed by atoms with Crippen molar-refractivity contribution in [3.8, 4) is 5.88 Å². The van der Waals surface area contributed by atoms with E-state index in [1.54, 1.807) is 13.3 Å². The number of hydrogen-bond donors (Lipinski definition) is 2. The summed E-state index contributed by atoms with van der Waals surface area (Å²) in [4.78, 5) is 9.02. The predicted molar refractivity (Wildman–Crippen MR) is 101 cm³/mol. The smallest absolute Gasteiger partial charge is 0.218 e. The zero-order valence-corrected chi connectivity index (χ0v) is 15.8. The van der Waals surface area contributed by atoms with Gasteiger partial charge in [-0.15, -0.1) is 0 Å². The van der Waals surface area contributed by atoms with Crippen molar-refractivity contribution in [3.05, 3.63) is 23.9 Å². The van der Waals surface area contributed by atoms with E-state index in [0.717, 1.165) is 24.6 Å². The van der Waals surface area contributed by atoms with Crippen LogP contribution < -0.4 is 15.4 Å². The highest BCUT2D eigenvalue weighted by atomic mass is 16.5. The van der Waals surface area contributed by atoms with Crippen molar-refractivity contribution in [2.24, 2.45) is 10.4 Å². The summed E-state index contributed by atoms with van der Waals surface area (Å²) in [5.74, 6) is 1.48. The van der Waals surface area contributed by atoms with E-state index in [-0.39, 0.29) is 0 Å². The molecule has 2 rings (SSSR count). The van der Waals surface area contributed by atoms with Gasteiger partial charge in [-0.05, 0) is 37.7 Å². The summed E-state index contributed by atoms with van der Waals surface area (Å²) in [5.41, 5.74) is 1.43. The molecule has 1 fully saturated rings. The summed E-state index contributed by atoms with van der Waals surface area (Å²) in [6.07, 6.45) is 6.94. The molecule has 0 bridgehead atoms. The fourth-order valence-electron chi connectivity index (χ4n) is 3.01. The lowest BCUT2D eigenvalue weighted by Crippen LogP contribution is -2.46. The van der Waals surface area contributed by atoms with Crippen molar-refractivity contribution in [3.63, 3.8) is 0 Å². The number of pyridine rings is 1. The Bertz CT molecular complexity index is 538. The summed E-state index contributed by atoms with van der Waals surface area (Å²) in [7, 11) is 1.66. The minimum Gasteiger partial charge on any atom is -0.475 e. The van der Waals surface area contributed by atoms with Crippen LogP contribution >= 0.6 is 0 Å². The number of methoxy groups -OCH3 is 1. The van der Waals surface area contributed by atoms with E-state index in [1.165, 1.54) is 25.7 Å². The van der Waals surface area contributed by atoms with Crippen molar-refractivity contribution in [1.82, 2.24) is 15.6 Å². The lowest BCUT2D eigenvalue weighted by atomic mass is 9.67. The Morgan fingerprint density at radius 1 is 1.28 bits per heavy atom. The van der Waals surface area contributed by atoms with E-state index in [4.69, 9.17) is 14.5 Å². The molecule has 0 aromatic carbocycles. The van der Waals surface area contributed by atoms with Crippen LogP contribution in [0.5, 0.6) is 5.88 Å². The van der Waals surface area contributed by atoms with Crippen molar-refractivity contribution < 1.29 is 9.47 Å². The Morgan fingerprint density at radius 2 is 2.12 bits per heavy atom. The molecule has 1 saturated carbocycles. The quantitative estimate of drug-likeness (QED) is 0.387. The predicted octanol–water partition coefficient (Wildman–Crippen LogP) is 2.74. The first-order chi connectivity index (χ1) is 12.2. The number of guanidine groups is 1. The molecule has 0 amide bonds. The average molecular weight is 348 g/mol.